The summed E-state index contributed by atoms with van der Waals surface area (Å²) in [5.41, 5.74) is 6.13. The normalized spacial score (nSPS) is 9.44. The lowest BCUT2D eigenvalue weighted by Gasteiger charge is -1.95. The first kappa shape index (κ1) is 6.22. The van der Waals surface area contributed by atoms with Crippen molar-refractivity contribution >= 4 is 17.2 Å². The van der Waals surface area contributed by atoms with Crippen molar-refractivity contribution in [1.29, 1.82) is 0 Å². The molecule has 0 spiro atoms. The SMILES string of the molecule is Cn1nccc1C(N)=S. The van der Waals surface area contributed by atoms with E-state index in [4.69, 9.17) is 18.0 Å². The summed E-state index contributed by atoms with van der Waals surface area (Å²) in [5.74, 6) is 0. The molecule has 0 fully saturated rings. The van der Waals surface area contributed by atoms with E-state index in [0.717, 1.165) is 5.69 Å². The van der Waals surface area contributed by atoms with Crippen LogP contribution in [0.2, 0.25) is 0 Å². The van der Waals surface area contributed by atoms with Crippen molar-refractivity contribution < 1.29 is 0 Å². The van der Waals surface area contributed by atoms with Crippen LogP contribution in [0, 0.1) is 0 Å². The molecule has 1 aromatic heterocycles. The van der Waals surface area contributed by atoms with E-state index in [9.17, 15) is 0 Å². The van der Waals surface area contributed by atoms with Crippen LogP contribution in [0.1, 0.15) is 5.69 Å². The molecular weight excluding hydrogens is 134 g/mol. The third-order valence-electron chi connectivity index (χ3n) is 1.07. The predicted molar refractivity (Wildman–Crippen MR) is 39.1 cm³/mol. The molecule has 0 aliphatic carbocycles. The largest absolute Gasteiger partial charge is 0.388 e. The molecule has 0 amide bonds. The number of aryl methyl sites for hydroxylation is 1. The van der Waals surface area contributed by atoms with Crippen LogP contribution in [0.3, 0.4) is 0 Å². The highest BCUT2D eigenvalue weighted by Gasteiger charge is 1.98. The number of nitrogens with two attached hydrogens (primary N) is 1. The highest BCUT2D eigenvalue weighted by Crippen LogP contribution is 1.93. The van der Waals surface area contributed by atoms with E-state index in [0.29, 0.717) is 4.99 Å². The van der Waals surface area contributed by atoms with E-state index in [2.05, 4.69) is 5.10 Å². The van der Waals surface area contributed by atoms with Crippen molar-refractivity contribution in [2.45, 2.75) is 0 Å². The Bertz CT molecular complexity index is 228. The Kier molecular flexibility index (Phi) is 1.48. The molecule has 1 rings (SSSR count). The Morgan fingerprint density at radius 2 is 2.56 bits per heavy atom. The summed E-state index contributed by atoms with van der Waals surface area (Å²) in [4.78, 5) is 0.384. The van der Waals surface area contributed by atoms with E-state index in [1.807, 2.05) is 0 Å². The maximum Gasteiger partial charge on any atom is 0.122 e. The molecule has 0 aliphatic rings. The molecule has 0 atom stereocenters. The summed E-state index contributed by atoms with van der Waals surface area (Å²) >= 11 is 4.72. The second-order valence-electron chi connectivity index (χ2n) is 1.70. The third kappa shape index (κ3) is 1.08. The van der Waals surface area contributed by atoms with Gasteiger partial charge in [0.1, 0.15) is 4.99 Å². The van der Waals surface area contributed by atoms with Gasteiger partial charge in [0, 0.05) is 13.2 Å². The molecule has 0 unspecified atom stereocenters. The number of aromatic nitrogens is 2. The minimum atomic E-state index is 0.384. The number of nitrogens with zero attached hydrogens (tertiary/aromatic N) is 2. The average molecular weight is 141 g/mol. The van der Waals surface area contributed by atoms with E-state index >= 15 is 0 Å². The summed E-state index contributed by atoms with van der Waals surface area (Å²) in [5, 5.41) is 3.89. The third-order valence-corrected chi connectivity index (χ3v) is 1.28. The first-order valence-electron chi connectivity index (χ1n) is 2.49. The van der Waals surface area contributed by atoms with E-state index in [-0.39, 0.29) is 0 Å². The summed E-state index contributed by atoms with van der Waals surface area (Å²) in [6.45, 7) is 0. The summed E-state index contributed by atoms with van der Waals surface area (Å²) in [7, 11) is 1.80. The van der Waals surface area contributed by atoms with E-state index < -0.39 is 0 Å². The van der Waals surface area contributed by atoms with Gasteiger partial charge in [0.25, 0.3) is 0 Å². The van der Waals surface area contributed by atoms with Gasteiger partial charge in [0.15, 0.2) is 0 Å². The first-order valence-corrected chi connectivity index (χ1v) is 2.90. The van der Waals surface area contributed by atoms with Gasteiger partial charge in [-0.05, 0) is 6.07 Å². The lowest BCUT2D eigenvalue weighted by atomic mass is 10.4. The average Bonchev–Trinajstić information content (AvgIpc) is 2.13. The molecule has 0 aromatic carbocycles. The maximum absolute atomic E-state index is 5.33. The fraction of sp³-hybridized carbons (Fsp3) is 0.200. The lowest BCUT2D eigenvalue weighted by Crippen LogP contribution is -2.14. The lowest BCUT2D eigenvalue weighted by molar-refractivity contribution is 0.760. The molecule has 48 valence electrons. The molecular formula is C5H7N3S. The van der Waals surface area contributed by atoms with Crippen LogP contribution in [0.4, 0.5) is 0 Å². The second-order valence-corrected chi connectivity index (χ2v) is 2.14. The van der Waals surface area contributed by atoms with Crippen molar-refractivity contribution in [3.8, 4) is 0 Å². The molecule has 9 heavy (non-hydrogen) atoms. The van der Waals surface area contributed by atoms with Crippen LogP contribution in [-0.2, 0) is 7.05 Å². The van der Waals surface area contributed by atoms with Gasteiger partial charge in [-0.3, -0.25) is 4.68 Å². The molecule has 1 heterocycles. The molecule has 0 bridgehead atoms. The molecule has 0 aliphatic heterocycles. The van der Waals surface area contributed by atoms with Crippen LogP contribution in [0.5, 0.6) is 0 Å². The van der Waals surface area contributed by atoms with Crippen molar-refractivity contribution in [1.82, 2.24) is 9.78 Å². The Hall–Kier alpha value is -0.900. The summed E-state index contributed by atoms with van der Waals surface area (Å²) in [6, 6.07) is 1.78. The van der Waals surface area contributed by atoms with Crippen LogP contribution in [0.25, 0.3) is 0 Å². The topological polar surface area (TPSA) is 43.8 Å². The zero-order valence-electron chi connectivity index (χ0n) is 5.03. The number of rotatable bonds is 1. The molecule has 1 aromatic rings. The van der Waals surface area contributed by atoms with Crippen molar-refractivity contribution in [2.75, 3.05) is 0 Å². The smallest absolute Gasteiger partial charge is 0.122 e. The van der Waals surface area contributed by atoms with Crippen LogP contribution in [0.15, 0.2) is 12.3 Å². The van der Waals surface area contributed by atoms with Gasteiger partial charge in [-0.15, -0.1) is 0 Å². The van der Waals surface area contributed by atoms with E-state index in [1.165, 1.54) is 0 Å². The first-order chi connectivity index (χ1) is 4.22. The van der Waals surface area contributed by atoms with Crippen molar-refractivity contribution in [2.24, 2.45) is 12.8 Å². The molecule has 3 nitrogen and oxygen atoms in total. The zero-order valence-corrected chi connectivity index (χ0v) is 5.85. The highest BCUT2D eigenvalue weighted by atomic mass is 32.1. The van der Waals surface area contributed by atoms with Gasteiger partial charge in [-0.1, -0.05) is 12.2 Å². The molecule has 0 saturated heterocycles. The fourth-order valence-corrected chi connectivity index (χ4v) is 0.816. The van der Waals surface area contributed by atoms with Gasteiger partial charge in [0.2, 0.25) is 0 Å². The van der Waals surface area contributed by atoms with E-state index in [1.54, 1.807) is 24.0 Å². The van der Waals surface area contributed by atoms with Crippen molar-refractivity contribution in [3.63, 3.8) is 0 Å². The Morgan fingerprint density at radius 3 is 2.78 bits per heavy atom. The minimum Gasteiger partial charge on any atom is -0.388 e. The van der Waals surface area contributed by atoms with Crippen LogP contribution in [-0.4, -0.2) is 14.8 Å². The van der Waals surface area contributed by atoms with Crippen molar-refractivity contribution in [3.05, 3.63) is 18.0 Å². The number of hydrogen-bond donors (Lipinski definition) is 1. The monoisotopic (exact) mass is 141 g/mol. The number of thiocarbonyl (C=S) groups is 1. The highest BCUT2D eigenvalue weighted by molar-refractivity contribution is 7.80. The maximum atomic E-state index is 5.33. The molecule has 2 N–H and O–H groups in total. The van der Waals surface area contributed by atoms with Crippen LogP contribution < -0.4 is 5.73 Å². The Balaban J connectivity index is 3.08. The molecule has 4 heteroatoms. The predicted octanol–water partition coefficient (Wildman–Crippen LogP) is 0.0543. The van der Waals surface area contributed by atoms with Gasteiger partial charge in [-0.25, -0.2) is 0 Å². The fourth-order valence-electron chi connectivity index (χ4n) is 0.616. The summed E-state index contributed by atoms with van der Waals surface area (Å²) < 4.78 is 1.64. The second kappa shape index (κ2) is 2.14. The van der Waals surface area contributed by atoms with Gasteiger partial charge in [-0.2, -0.15) is 5.10 Å². The number of hydrogen-bond acceptors (Lipinski definition) is 2. The minimum absolute atomic E-state index is 0.384. The quantitative estimate of drug-likeness (QED) is 0.562. The van der Waals surface area contributed by atoms with Gasteiger partial charge < -0.3 is 5.73 Å². The van der Waals surface area contributed by atoms with Gasteiger partial charge in [0.05, 0.1) is 5.69 Å². The standard InChI is InChI=1S/C5H7N3S/c1-8-4(5(6)9)2-3-7-8/h2-3H,1H3,(H2,6,9). The molecule has 0 radical (unpaired) electrons. The Labute approximate surface area is 58.5 Å². The Morgan fingerprint density at radius 1 is 1.89 bits per heavy atom. The van der Waals surface area contributed by atoms with Gasteiger partial charge >= 0.3 is 0 Å². The zero-order chi connectivity index (χ0) is 6.85. The molecule has 0 saturated carbocycles. The summed E-state index contributed by atoms with van der Waals surface area (Å²) in [6.07, 6.45) is 1.66. The van der Waals surface area contributed by atoms with Crippen LogP contribution >= 0.6 is 12.2 Å².